The van der Waals surface area contributed by atoms with Crippen molar-refractivity contribution in [3.05, 3.63) is 0 Å². The molecule has 0 radical (unpaired) electrons. The van der Waals surface area contributed by atoms with Crippen molar-refractivity contribution >= 4 is 37.4 Å². The second-order valence-electron chi connectivity index (χ2n) is 6.15. The Labute approximate surface area is 180 Å². The van der Waals surface area contributed by atoms with Crippen LogP contribution in [-0.4, -0.2) is 150 Å². The van der Waals surface area contributed by atoms with Gasteiger partial charge in [0.15, 0.2) is 6.29 Å². The topological polar surface area (TPSA) is 236 Å². The first-order chi connectivity index (χ1) is 12.5. The van der Waals surface area contributed by atoms with E-state index >= 15 is 0 Å². The quantitative estimate of drug-likeness (QED) is 0.131. The first-order valence-corrected chi connectivity index (χ1v) is 9.32. The molecule has 9 atom stereocenters. The van der Waals surface area contributed by atoms with Gasteiger partial charge in [-0.1, -0.05) is 0 Å². The average molecular weight is 446 g/mol. The van der Waals surface area contributed by atoms with Crippen LogP contribution in [0.25, 0.3) is 0 Å². The molecule has 0 saturated carbocycles. The van der Waals surface area contributed by atoms with Gasteiger partial charge in [0.1, 0.15) is 42.7 Å². The van der Waals surface area contributed by atoms with Crippen LogP contribution in [0.15, 0.2) is 0 Å². The van der Waals surface area contributed by atoms with Gasteiger partial charge in [0.2, 0.25) is 5.79 Å². The minimum absolute atomic E-state index is 0. The van der Waals surface area contributed by atoms with Gasteiger partial charge in [-0.25, -0.2) is 4.57 Å². The van der Waals surface area contributed by atoms with E-state index in [1.807, 2.05) is 0 Å². The van der Waals surface area contributed by atoms with E-state index in [2.05, 4.69) is 4.52 Å². The fourth-order valence-electron chi connectivity index (χ4n) is 2.88. The molecule has 0 aromatic carbocycles. The second kappa shape index (κ2) is 10.3. The van der Waals surface area contributed by atoms with E-state index in [-0.39, 0.29) is 29.6 Å². The third kappa shape index (κ3) is 5.69. The molecule has 9 N–H and O–H groups in total. The number of rotatable bonds is 7. The Balaban J connectivity index is 0.00000392. The summed E-state index contributed by atoms with van der Waals surface area (Å²) in [7, 11) is -5.20. The number of hydrogen-bond acceptors (Lipinski definition) is 12. The molecular formula is C12H24NaO14P. The van der Waals surface area contributed by atoms with Gasteiger partial charge in [-0.15, -0.1) is 0 Å². The van der Waals surface area contributed by atoms with Gasteiger partial charge in [-0.2, -0.15) is 0 Å². The van der Waals surface area contributed by atoms with Crippen molar-refractivity contribution in [1.29, 1.82) is 0 Å². The van der Waals surface area contributed by atoms with E-state index < -0.39 is 82.4 Å². The van der Waals surface area contributed by atoms with Crippen molar-refractivity contribution in [3.8, 4) is 0 Å². The number of ether oxygens (including phenoxy) is 3. The Bertz CT molecular complexity index is 548. The van der Waals surface area contributed by atoms with Crippen LogP contribution >= 0.6 is 7.82 Å². The van der Waals surface area contributed by atoms with Crippen molar-refractivity contribution in [2.75, 3.05) is 19.8 Å². The van der Waals surface area contributed by atoms with Crippen molar-refractivity contribution in [3.63, 3.8) is 0 Å². The molecule has 162 valence electrons. The summed E-state index contributed by atoms with van der Waals surface area (Å²) in [4.78, 5) is 18.0. The van der Waals surface area contributed by atoms with E-state index in [1.54, 1.807) is 0 Å². The van der Waals surface area contributed by atoms with Crippen molar-refractivity contribution < 1.29 is 68.8 Å². The molecular weight excluding hydrogens is 422 g/mol. The van der Waals surface area contributed by atoms with E-state index in [0.29, 0.717) is 0 Å². The molecule has 16 heteroatoms. The standard InChI is InChI=1S/C12H23O14P.Na.H/c13-1-4-6(16)7(17)9(26-27(20,21)22)11(23-4)24-8-5(2-14)25-12(19,3-15)10(8)18;;/h4-11,13-19H,1-3H2,(H2,20,21,22);;/t4-,5-,6+,7+,8-,9-,10+,11+,12-;;/m1../s1. The summed E-state index contributed by atoms with van der Waals surface area (Å²) < 4.78 is 30.9. The molecule has 0 aliphatic carbocycles. The number of phosphoric ester groups is 1. The zero-order valence-corrected chi connectivity index (χ0v) is 14.6. The van der Waals surface area contributed by atoms with Crippen LogP contribution in [0.5, 0.6) is 0 Å². The molecule has 0 bridgehead atoms. The number of phosphoric acid groups is 1. The normalized spacial score (nSPS) is 44.3. The molecule has 2 aliphatic rings. The van der Waals surface area contributed by atoms with E-state index in [1.165, 1.54) is 0 Å². The van der Waals surface area contributed by atoms with Gasteiger partial charge in [0.25, 0.3) is 0 Å². The van der Waals surface area contributed by atoms with Crippen LogP contribution in [-0.2, 0) is 23.3 Å². The Kier molecular flexibility index (Phi) is 9.88. The van der Waals surface area contributed by atoms with Gasteiger partial charge in [-0.3, -0.25) is 4.52 Å². The van der Waals surface area contributed by atoms with Gasteiger partial charge in [0, 0.05) is 0 Å². The van der Waals surface area contributed by atoms with Crippen LogP contribution < -0.4 is 0 Å². The predicted molar refractivity (Wildman–Crippen MR) is 86.7 cm³/mol. The SMILES string of the molecule is O=P(O)(O)O[C@H]1[C@H](O[C@@H]2[C@@H](CO)O[C@](O)(CO)[C@H]2O)O[C@H](CO)[C@H](O)[C@@H]1O.[NaH]. The molecule has 2 fully saturated rings. The first-order valence-electron chi connectivity index (χ1n) is 7.79. The Morgan fingerprint density at radius 3 is 2.00 bits per heavy atom. The predicted octanol–water partition coefficient (Wildman–Crippen LogP) is -5.93. The molecule has 2 saturated heterocycles. The minimum atomic E-state index is -5.20. The van der Waals surface area contributed by atoms with Gasteiger partial charge in [-0.05, 0) is 0 Å². The molecule has 14 nitrogen and oxygen atoms in total. The molecule has 0 aromatic rings. The third-order valence-electron chi connectivity index (χ3n) is 4.28. The third-order valence-corrected chi connectivity index (χ3v) is 4.79. The molecule has 2 aliphatic heterocycles. The van der Waals surface area contributed by atoms with Crippen molar-refractivity contribution in [1.82, 2.24) is 0 Å². The monoisotopic (exact) mass is 446 g/mol. The summed E-state index contributed by atoms with van der Waals surface area (Å²) in [6.45, 7) is -2.68. The molecule has 2 rings (SSSR count). The summed E-state index contributed by atoms with van der Waals surface area (Å²) in [5, 5.41) is 67.7. The van der Waals surface area contributed by atoms with Crippen LogP contribution in [0, 0.1) is 0 Å². The summed E-state index contributed by atoms with van der Waals surface area (Å²) >= 11 is 0. The summed E-state index contributed by atoms with van der Waals surface area (Å²) in [6.07, 6.45) is -14.0. The maximum atomic E-state index is 11.2. The molecule has 2 heterocycles. The van der Waals surface area contributed by atoms with Crippen LogP contribution in [0.2, 0.25) is 0 Å². The molecule has 0 unspecified atom stereocenters. The molecule has 0 aromatic heterocycles. The van der Waals surface area contributed by atoms with E-state index in [9.17, 15) is 35.2 Å². The number of aliphatic hydroxyl groups is 7. The van der Waals surface area contributed by atoms with Crippen molar-refractivity contribution in [2.24, 2.45) is 0 Å². The zero-order chi connectivity index (χ0) is 20.6. The fourth-order valence-corrected chi connectivity index (χ4v) is 3.43. The fraction of sp³-hybridized carbons (Fsp3) is 1.00. The summed E-state index contributed by atoms with van der Waals surface area (Å²) in [5.74, 6) is -2.50. The molecule has 28 heavy (non-hydrogen) atoms. The summed E-state index contributed by atoms with van der Waals surface area (Å²) in [6, 6.07) is 0. The second-order valence-corrected chi connectivity index (χ2v) is 7.35. The van der Waals surface area contributed by atoms with Gasteiger partial charge in [0.05, 0.1) is 19.8 Å². The summed E-state index contributed by atoms with van der Waals surface area (Å²) in [5.41, 5.74) is 0. The first kappa shape index (κ1) is 26.7. The average Bonchev–Trinajstić information content (AvgIpc) is 2.85. The van der Waals surface area contributed by atoms with E-state index in [4.69, 9.17) is 29.1 Å². The van der Waals surface area contributed by atoms with Crippen molar-refractivity contribution in [2.45, 2.75) is 54.8 Å². The molecule has 0 spiro atoms. The Morgan fingerprint density at radius 1 is 0.964 bits per heavy atom. The number of aliphatic hydroxyl groups excluding tert-OH is 6. The van der Waals surface area contributed by atoms with Gasteiger partial charge >= 0.3 is 37.4 Å². The van der Waals surface area contributed by atoms with Crippen LogP contribution in [0.3, 0.4) is 0 Å². The Morgan fingerprint density at radius 2 is 1.54 bits per heavy atom. The number of hydrogen-bond donors (Lipinski definition) is 9. The molecule has 0 amide bonds. The van der Waals surface area contributed by atoms with E-state index in [0.717, 1.165) is 0 Å². The van der Waals surface area contributed by atoms with Crippen LogP contribution in [0.1, 0.15) is 0 Å². The Hall–Kier alpha value is 0.710. The zero-order valence-electron chi connectivity index (χ0n) is 13.8. The van der Waals surface area contributed by atoms with Crippen LogP contribution in [0.4, 0.5) is 0 Å². The van der Waals surface area contributed by atoms with Gasteiger partial charge < -0.3 is 59.7 Å². The maximum absolute atomic E-state index is 11.2.